The molecule has 7 nitrogen and oxygen atoms in total. The highest BCUT2D eigenvalue weighted by Crippen LogP contribution is 2.49. The first-order valence-corrected chi connectivity index (χ1v) is 9.36. The second-order valence-electron chi connectivity index (χ2n) is 7.46. The molecule has 0 aliphatic heterocycles. The van der Waals surface area contributed by atoms with Gasteiger partial charge in [-0.2, -0.15) is 5.10 Å². The fourth-order valence-corrected chi connectivity index (χ4v) is 3.65. The maximum absolute atomic E-state index is 12.7. The standard InChI is InChI=1S/C20H25N5O2/c1-10-16(11(2)25-24-10)19-15(27-3)8-14(9-22-19)23-20(26)18(21)17(12-4-5-12)13-6-7-13/h8-9,12-13H,4-7,21H2,1-3H3,(H,23,26)(H,24,25). The van der Waals surface area contributed by atoms with E-state index in [0.29, 0.717) is 34.7 Å². The molecule has 0 atom stereocenters. The number of nitrogens with one attached hydrogen (secondary N) is 2. The van der Waals surface area contributed by atoms with Gasteiger partial charge in [0.05, 0.1) is 30.4 Å². The molecule has 4 N–H and O–H groups in total. The van der Waals surface area contributed by atoms with Gasteiger partial charge in [-0.1, -0.05) is 0 Å². The Morgan fingerprint density at radius 1 is 1.26 bits per heavy atom. The second kappa shape index (κ2) is 6.72. The van der Waals surface area contributed by atoms with E-state index in [2.05, 4.69) is 20.5 Å². The Morgan fingerprint density at radius 2 is 1.93 bits per heavy atom. The lowest BCUT2D eigenvalue weighted by Gasteiger charge is -2.13. The number of amides is 1. The first kappa shape index (κ1) is 17.6. The first-order chi connectivity index (χ1) is 13.0. The minimum Gasteiger partial charge on any atom is -0.494 e. The van der Waals surface area contributed by atoms with E-state index >= 15 is 0 Å². The van der Waals surface area contributed by atoms with Crippen molar-refractivity contribution in [2.45, 2.75) is 39.5 Å². The SMILES string of the molecule is COc1cc(NC(=O)C(N)=C(C2CC2)C2CC2)cnc1-c1c(C)n[nH]c1C. The summed E-state index contributed by atoms with van der Waals surface area (Å²) in [5.74, 6) is 1.33. The summed E-state index contributed by atoms with van der Waals surface area (Å²) in [6, 6.07) is 1.77. The summed E-state index contributed by atoms with van der Waals surface area (Å²) < 4.78 is 5.51. The summed E-state index contributed by atoms with van der Waals surface area (Å²) in [6.45, 7) is 3.85. The second-order valence-corrected chi connectivity index (χ2v) is 7.46. The van der Waals surface area contributed by atoms with E-state index in [1.807, 2.05) is 13.8 Å². The van der Waals surface area contributed by atoms with Crippen molar-refractivity contribution >= 4 is 11.6 Å². The molecule has 0 saturated heterocycles. The molecule has 0 bridgehead atoms. The Balaban J connectivity index is 1.60. The molecule has 0 radical (unpaired) electrons. The number of aromatic amines is 1. The fourth-order valence-electron chi connectivity index (χ4n) is 3.65. The molecule has 27 heavy (non-hydrogen) atoms. The van der Waals surface area contributed by atoms with E-state index in [4.69, 9.17) is 10.5 Å². The third kappa shape index (κ3) is 3.41. The van der Waals surface area contributed by atoms with Crippen LogP contribution in [0.15, 0.2) is 23.5 Å². The van der Waals surface area contributed by atoms with E-state index in [1.165, 1.54) is 0 Å². The molecular formula is C20H25N5O2. The largest absolute Gasteiger partial charge is 0.494 e. The van der Waals surface area contributed by atoms with Crippen LogP contribution in [-0.2, 0) is 4.79 Å². The number of H-pyrrole nitrogens is 1. The average Bonchev–Trinajstić information content (AvgIpc) is 3.57. The van der Waals surface area contributed by atoms with Crippen LogP contribution < -0.4 is 15.8 Å². The van der Waals surface area contributed by atoms with Gasteiger partial charge in [-0.3, -0.25) is 14.9 Å². The van der Waals surface area contributed by atoms with E-state index < -0.39 is 0 Å². The zero-order chi connectivity index (χ0) is 19.1. The molecule has 0 spiro atoms. The molecular weight excluding hydrogens is 342 g/mol. The normalized spacial score (nSPS) is 16.1. The number of anilines is 1. The highest BCUT2D eigenvalue weighted by molar-refractivity contribution is 6.03. The van der Waals surface area contributed by atoms with Crippen LogP contribution in [0.2, 0.25) is 0 Å². The van der Waals surface area contributed by atoms with Crippen molar-refractivity contribution in [1.29, 1.82) is 0 Å². The minimum atomic E-state index is -0.254. The van der Waals surface area contributed by atoms with Crippen LogP contribution in [0.5, 0.6) is 5.75 Å². The van der Waals surface area contributed by atoms with Gasteiger partial charge in [0.2, 0.25) is 0 Å². The van der Waals surface area contributed by atoms with Crippen LogP contribution >= 0.6 is 0 Å². The molecule has 2 saturated carbocycles. The molecule has 142 valence electrons. The van der Waals surface area contributed by atoms with Crippen molar-refractivity contribution in [2.75, 3.05) is 12.4 Å². The van der Waals surface area contributed by atoms with Crippen LogP contribution in [0.3, 0.4) is 0 Å². The van der Waals surface area contributed by atoms with Crippen molar-refractivity contribution in [3.05, 3.63) is 34.9 Å². The van der Waals surface area contributed by atoms with E-state index in [1.54, 1.807) is 19.4 Å². The Morgan fingerprint density at radius 3 is 2.44 bits per heavy atom. The number of hydrogen-bond donors (Lipinski definition) is 3. The number of aromatic nitrogens is 3. The van der Waals surface area contributed by atoms with Crippen molar-refractivity contribution in [2.24, 2.45) is 17.6 Å². The molecule has 0 unspecified atom stereocenters. The number of hydrogen-bond acceptors (Lipinski definition) is 5. The topological polar surface area (TPSA) is 106 Å². The summed E-state index contributed by atoms with van der Waals surface area (Å²) in [4.78, 5) is 17.2. The van der Waals surface area contributed by atoms with E-state index in [-0.39, 0.29) is 5.91 Å². The molecule has 1 amide bonds. The Kier molecular flexibility index (Phi) is 4.37. The summed E-state index contributed by atoms with van der Waals surface area (Å²) in [5.41, 5.74) is 11.7. The smallest absolute Gasteiger partial charge is 0.271 e. The zero-order valence-electron chi connectivity index (χ0n) is 15.9. The molecule has 2 aliphatic carbocycles. The molecule has 2 aromatic rings. The number of pyridine rings is 1. The van der Waals surface area contributed by atoms with Gasteiger partial charge in [0.15, 0.2) is 0 Å². The number of nitrogens with two attached hydrogens (primary N) is 1. The maximum Gasteiger partial charge on any atom is 0.271 e. The van der Waals surface area contributed by atoms with E-state index in [0.717, 1.165) is 48.2 Å². The fraction of sp³-hybridized carbons (Fsp3) is 0.450. The van der Waals surface area contributed by atoms with Crippen LogP contribution in [0.25, 0.3) is 11.3 Å². The molecule has 2 heterocycles. The predicted molar refractivity (Wildman–Crippen MR) is 103 cm³/mol. The first-order valence-electron chi connectivity index (χ1n) is 9.36. The molecule has 2 aromatic heterocycles. The van der Waals surface area contributed by atoms with Crippen molar-refractivity contribution in [3.8, 4) is 17.0 Å². The molecule has 7 heteroatoms. The van der Waals surface area contributed by atoms with Gasteiger partial charge in [-0.05, 0) is 56.9 Å². The van der Waals surface area contributed by atoms with Gasteiger partial charge in [0.1, 0.15) is 11.4 Å². The van der Waals surface area contributed by atoms with Crippen molar-refractivity contribution < 1.29 is 9.53 Å². The Labute approximate surface area is 158 Å². The maximum atomic E-state index is 12.7. The van der Waals surface area contributed by atoms with Gasteiger partial charge >= 0.3 is 0 Å². The number of aryl methyl sites for hydroxylation is 2. The number of methoxy groups -OCH3 is 1. The number of nitrogens with zero attached hydrogens (tertiary/aromatic N) is 2. The zero-order valence-corrected chi connectivity index (χ0v) is 15.9. The number of ether oxygens (including phenoxy) is 1. The van der Waals surface area contributed by atoms with Gasteiger partial charge in [0.25, 0.3) is 5.91 Å². The van der Waals surface area contributed by atoms with Gasteiger partial charge in [-0.25, -0.2) is 0 Å². The quantitative estimate of drug-likeness (QED) is 0.680. The van der Waals surface area contributed by atoms with Gasteiger partial charge in [0, 0.05) is 17.3 Å². The molecule has 2 fully saturated rings. The summed E-state index contributed by atoms with van der Waals surface area (Å²) in [7, 11) is 1.59. The van der Waals surface area contributed by atoms with Crippen LogP contribution in [0.4, 0.5) is 5.69 Å². The van der Waals surface area contributed by atoms with Crippen LogP contribution in [0, 0.1) is 25.7 Å². The van der Waals surface area contributed by atoms with Crippen molar-refractivity contribution in [1.82, 2.24) is 15.2 Å². The van der Waals surface area contributed by atoms with Crippen LogP contribution in [0.1, 0.15) is 37.1 Å². The monoisotopic (exact) mass is 367 g/mol. The number of carbonyl (C=O) groups excluding carboxylic acids is 1. The predicted octanol–water partition coefficient (Wildman–Crippen LogP) is 3.07. The minimum absolute atomic E-state index is 0.254. The lowest BCUT2D eigenvalue weighted by atomic mass is 10.0. The highest BCUT2D eigenvalue weighted by Gasteiger charge is 2.39. The van der Waals surface area contributed by atoms with Gasteiger partial charge in [-0.15, -0.1) is 0 Å². The lowest BCUT2D eigenvalue weighted by molar-refractivity contribution is -0.113. The summed E-state index contributed by atoms with van der Waals surface area (Å²) in [5, 5.41) is 10.0. The summed E-state index contributed by atoms with van der Waals surface area (Å²) >= 11 is 0. The molecule has 0 aromatic carbocycles. The number of carbonyl (C=O) groups is 1. The van der Waals surface area contributed by atoms with Crippen LogP contribution in [-0.4, -0.2) is 28.2 Å². The highest BCUT2D eigenvalue weighted by atomic mass is 16.5. The van der Waals surface area contributed by atoms with E-state index in [9.17, 15) is 4.79 Å². The number of allylic oxidation sites excluding steroid dienone is 1. The summed E-state index contributed by atoms with van der Waals surface area (Å²) in [6.07, 6.45) is 6.21. The lowest BCUT2D eigenvalue weighted by Crippen LogP contribution is -2.23. The Hall–Kier alpha value is -2.83. The molecule has 2 aliphatic rings. The number of rotatable bonds is 6. The van der Waals surface area contributed by atoms with Gasteiger partial charge < -0.3 is 15.8 Å². The third-order valence-electron chi connectivity index (χ3n) is 5.29. The average molecular weight is 367 g/mol. The Bertz CT molecular complexity index is 889. The third-order valence-corrected chi connectivity index (χ3v) is 5.29. The van der Waals surface area contributed by atoms with Crippen molar-refractivity contribution in [3.63, 3.8) is 0 Å². The molecule has 4 rings (SSSR count).